The summed E-state index contributed by atoms with van der Waals surface area (Å²) in [7, 11) is 0. The van der Waals surface area contributed by atoms with Crippen LogP contribution in [0.1, 0.15) is 38.5 Å². The maximum Gasteiger partial charge on any atom is 0.306 e. The zero-order valence-electron chi connectivity index (χ0n) is 9.72. The minimum atomic E-state index is -0.801. The molecular formula is C12H17NO4. The van der Waals surface area contributed by atoms with Gasteiger partial charge in [-0.3, -0.25) is 19.3 Å². The van der Waals surface area contributed by atoms with E-state index < -0.39 is 11.9 Å². The van der Waals surface area contributed by atoms with E-state index in [1.54, 1.807) is 0 Å². The van der Waals surface area contributed by atoms with Gasteiger partial charge in [-0.1, -0.05) is 6.42 Å². The average Bonchev–Trinajstić information content (AvgIpc) is 2.72. The van der Waals surface area contributed by atoms with Gasteiger partial charge in [-0.05, 0) is 25.2 Å². The number of carboxylic acids is 1. The van der Waals surface area contributed by atoms with Crippen LogP contribution in [-0.2, 0) is 14.4 Å². The van der Waals surface area contributed by atoms with Gasteiger partial charge in [-0.15, -0.1) is 0 Å². The van der Waals surface area contributed by atoms with Crippen molar-refractivity contribution in [1.82, 2.24) is 4.90 Å². The Labute approximate surface area is 99.8 Å². The second-order valence-corrected chi connectivity index (χ2v) is 4.89. The number of nitrogens with zero attached hydrogens (tertiary/aromatic N) is 1. The van der Waals surface area contributed by atoms with Crippen LogP contribution in [0.4, 0.5) is 0 Å². The third kappa shape index (κ3) is 2.48. The first-order valence-corrected chi connectivity index (χ1v) is 6.15. The van der Waals surface area contributed by atoms with E-state index in [2.05, 4.69) is 0 Å². The van der Waals surface area contributed by atoms with E-state index in [0.717, 1.165) is 12.8 Å². The van der Waals surface area contributed by atoms with Gasteiger partial charge in [0.2, 0.25) is 11.8 Å². The van der Waals surface area contributed by atoms with Gasteiger partial charge in [0.05, 0.1) is 5.92 Å². The van der Waals surface area contributed by atoms with Crippen LogP contribution < -0.4 is 0 Å². The van der Waals surface area contributed by atoms with Gasteiger partial charge in [-0.2, -0.15) is 0 Å². The van der Waals surface area contributed by atoms with E-state index in [4.69, 9.17) is 5.11 Å². The predicted molar refractivity (Wildman–Crippen MR) is 59.0 cm³/mol. The Bertz CT molecular complexity index is 336. The molecule has 0 aromatic carbocycles. The number of amides is 2. The molecule has 2 fully saturated rings. The maximum atomic E-state index is 11.6. The molecule has 0 radical (unpaired) electrons. The molecule has 1 aliphatic carbocycles. The SMILES string of the molecule is O=C(O)C1CCCC1CN1C(=O)CCCC1=O. The zero-order valence-corrected chi connectivity index (χ0v) is 9.72. The molecule has 2 atom stereocenters. The molecule has 17 heavy (non-hydrogen) atoms. The summed E-state index contributed by atoms with van der Waals surface area (Å²) in [4.78, 5) is 35.6. The van der Waals surface area contributed by atoms with Crippen molar-refractivity contribution in [2.24, 2.45) is 11.8 Å². The molecule has 1 saturated carbocycles. The highest BCUT2D eigenvalue weighted by Crippen LogP contribution is 2.33. The van der Waals surface area contributed by atoms with Crippen LogP contribution in [0.3, 0.4) is 0 Å². The first kappa shape index (κ1) is 12.1. The van der Waals surface area contributed by atoms with Crippen LogP contribution >= 0.6 is 0 Å². The predicted octanol–water partition coefficient (Wildman–Crippen LogP) is 1.03. The van der Waals surface area contributed by atoms with Gasteiger partial charge >= 0.3 is 5.97 Å². The summed E-state index contributed by atoms with van der Waals surface area (Å²) in [6.45, 7) is 0.300. The number of likely N-dealkylation sites (tertiary alicyclic amines) is 1. The van der Waals surface area contributed by atoms with Gasteiger partial charge in [0.25, 0.3) is 0 Å². The van der Waals surface area contributed by atoms with E-state index in [1.165, 1.54) is 4.90 Å². The van der Waals surface area contributed by atoms with Crippen molar-refractivity contribution < 1.29 is 19.5 Å². The zero-order chi connectivity index (χ0) is 12.4. The average molecular weight is 239 g/mol. The topological polar surface area (TPSA) is 74.7 Å². The van der Waals surface area contributed by atoms with E-state index >= 15 is 0 Å². The molecule has 2 unspecified atom stereocenters. The Morgan fingerprint density at radius 2 is 1.82 bits per heavy atom. The van der Waals surface area contributed by atoms with Gasteiger partial charge in [0, 0.05) is 19.4 Å². The van der Waals surface area contributed by atoms with Crippen LogP contribution in [0.5, 0.6) is 0 Å². The van der Waals surface area contributed by atoms with Crippen LogP contribution in [0.15, 0.2) is 0 Å². The summed E-state index contributed by atoms with van der Waals surface area (Å²) in [5.41, 5.74) is 0. The highest BCUT2D eigenvalue weighted by atomic mass is 16.4. The number of imide groups is 1. The summed E-state index contributed by atoms with van der Waals surface area (Å²) < 4.78 is 0. The lowest BCUT2D eigenvalue weighted by atomic mass is 9.94. The van der Waals surface area contributed by atoms with Crippen molar-refractivity contribution in [3.63, 3.8) is 0 Å². The molecule has 0 aromatic heterocycles. The third-order valence-electron chi connectivity index (χ3n) is 3.78. The Kier molecular flexibility index (Phi) is 3.45. The molecule has 2 aliphatic rings. The molecule has 2 rings (SSSR count). The normalized spacial score (nSPS) is 29.8. The molecule has 94 valence electrons. The lowest BCUT2D eigenvalue weighted by molar-refractivity contribution is -0.151. The van der Waals surface area contributed by atoms with E-state index in [1.807, 2.05) is 0 Å². The van der Waals surface area contributed by atoms with E-state index in [-0.39, 0.29) is 17.7 Å². The smallest absolute Gasteiger partial charge is 0.306 e. The summed E-state index contributed by atoms with van der Waals surface area (Å²) in [6.07, 6.45) is 3.79. The lowest BCUT2D eigenvalue weighted by Gasteiger charge is -2.28. The number of carboxylic acid groups (broad SMARTS) is 1. The number of piperidine rings is 1. The summed E-state index contributed by atoms with van der Waals surface area (Å²) in [5, 5.41) is 9.06. The highest BCUT2D eigenvalue weighted by Gasteiger charge is 2.37. The van der Waals surface area contributed by atoms with Gasteiger partial charge in [0.1, 0.15) is 0 Å². The molecule has 0 bridgehead atoms. The number of aliphatic carboxylic acids is 1. The van der Waals surface area contributed by atoms with Crippen LogP contribution in [0, 0.1) is 11.8 Å². The monoisotopic (exact) mass is 239 g/mol. The second kappa shape index (κ2) is 4.85. The number of hydrogen-bond acceptors (Lipinski definition) is 3. The fourth-order valence-electron chi connectivity index (χ4n) is 2.82. The molecule has 1 aliphatic heterocycles. The van der Waals surface area contributed by atoms with Crippen molar-refractivity contribution in [2.75, 3.05) is 6.54 Å². The Morgan fingerprint density at radius 1 is 1.18 bits per heavy atom. The molecule has 1 saturated heterocycles. The number of rotatable bonds is 3. The summed E-state index contributed by atoms with van der Waals surface area (Å²) in [5.74, 6) is -1.53. The van der Waals surface area contributed by atoms with Gasteiger partial charge in [-0.25, -0.2) is 0 Å². The van der Waals surface area contributed by atoms with Gasteiger partial charge < -0.3 is 5.11 Å². The molecule has 1 N–H and O–H groups in total. The largest absolute Gasteiger partial charge is 0.481 e. The standard InChI is InChI=1S/C12H17NO4/c14-10-5-2-6-11(15)13(10)7-8-3-1-4-9(8)12(16)17/h8-9H,1-7H2,(H,16,17). The van der Waals surface area contributed by atoms with Gasteiger partial charge in [0.15, 0.2) is 0 Å². The number of carbonyl (C=O) groups is 3. The molecule has 0 aromatic rings. The Hall–Kier alpha value is -1.39. The van der Waals surface area contributed by atoms with E-state index in [0.29, 0.717) is 32.2 Å². The number of carbonyl (C=O) groups excluding carboxylic acids is 2. The van der Waals surface area contributed by atoms with Crippen molar-refractivity contribution >= 4 is 17.8 Å². The lowest BCUT2D eigenvalue weighted by Crippen LogP contribution is -2.44. The molecule has 5 nitrogen and oxygen atoms in total. The van der Waals surface area contributed by atoms with Crippen LogP contribution in [0.2, 0.25) is 0 Å². The molecule has 0 spiro atoms. The van der Waals surface area contributed by atoms with Crippen molar-refractivity contribution in [3.05, 3.63) is 0 Å². The minimum absolute atomic E-state index is 0.0569. The third-order valence-corrected chi connectivity index (χ3v) is 3.78. The first-order chi connectivity index (χ1) is 8.09. The Balaban J connectivity index is 2.01. The molecule has 1 heterocycles. The minimum Gasteiger partial charge on any atom is -0.481 e. The molecule has 5 heteroatoms. The number of hydrogen-bond donors (Lipinski definition) is 1. The quantitative estimate of drug-likeness (QED) is 0.746. The van der Waals surface area contributed by atoms with E-state index in [9.17, 15) is 14.4 Å². The molecular weight excluding hydrogens is 222 g/mol. The Morgan fingerprint density at radius 3 is 2.41 bits per heavy atom. The second-order valence-electron chi connectivity index (χ2n) is 4.89. The fraction of sp³-hybridized carbons (Fsp3) is 0.750. The van der Waals surface area contributed by atoms with Crippen LogP contribution in [0.25, 0.3) is 0 Å². The summed E-state index contributed by atoms with van der Waals surface area (Å²) in [6, 6.07) is 0. The molecule has 2 amide bonds. The first-order valence-electron chi connectivity index (χ1n) is 6.15. The van der Waals surface area contributed by atoms with Crippen molar-refractivity contribution in [2.45, 2.75) is 38.5 Å². The fourth-order valence-corrected chi connectivity index (χ4v) is 2.82. The summed E-state index contributed by atoms with van der Waals surface area (Å²) >= 11 is 0. The van der Waals surface area contributed by atoms with Crippen LogP contribution in [-0.4, -0.2) is 34.3 Å². The van der Waals surface area contributed by atoms with Crippen molar-refractivity contribution in [1.29, 1.82) is 0 Å². The highest BCUT2D eigenvalue weighted by molar-refractivity contribution is 5.97. The maximum absolute atomic E-state index is 11.6. The van der Waals surface area contributed by atoms with Crippen molar-refractivity contribution in [3.8, 4) is 0 Å².